The zero-order chi connectivity index (χ0) is 22.7. The molecule has 0 radical (unpaired) electrons. The second-order valence-corrected chi connectivity index (χ2v) is 11.6. The number of nitrogens with one attached hydrogen (secondary N) is 1. The molecule has 3 saturated carbocycles. The second-order valence-electron chi connectivity index (χ2n) is 11.6. The average Bonchev–Trinajstić information content (AvgIpc) is 3.02. The zero-order valence-electron chi connectivity index (χ0n) is 20.0. The maximum atomic E-state index is 12.7. The molecule has 1 heterocycles. The van der Waals surface area contributed by atoms with Crippen molar-refractivity contribution in [1.29, 1.82) is 0 Å². The van der Waals surface area contributed by atoms with E-state index in [0.29, 0.717) is 42.0 Å². The predicted molar refractivity (Wildman–Crippen MR) is 125 cm³/mol. The van der Waals surface area contributed by atoms with Crippen molar-refractivity contribution in [3.8, 4) is 0 Å². The lowest BCUT2D eigenvalue weighted by molar-refractivity contribution is -0.159. The number of carbonyl (C=O) groups is 2. The van der Waals surface area contributed by atoms with Crippen molar-refractivity contribution in [2.75, 3.05) is 12.4 Å². The predicted octanol–water partition coefficient (Wildman–Crippen LogP) is 5.71. The van der Waals surface area contributed by atoms with Gasteiger partial charge in [0.25, 0.3) is 0 Å². The SMILES string of the molecule is C[C@H]1CC2C3CCC4N(C)C(=O)CCC4(C)C3CCC2(C)C1OC(=O)Nc1ccccc1. The van der Waals surface area contributed by atoms with Gasteiger partial charge in [0.15, 0.2) is 0 Å². The molecule has 3 aliphatic carbocycles. The first-order chi connectivity index (χ1) is 15.2. The Morgan fingerprint density at radius 3 is 2.56 bits per heavy atom. The molecule has 5 heteroatoms. The minimum Gasteiger partial charge on any atom is -0.445 e. The van der Waals surface area contributed by atoms with Crippen LogP contribution in [0.25, 0.3) is 0 Å². The molecule has 1 aromatic rings. The largest absolute Gasteiger partial charge is 0.445 e. The van der Waals surface area contributed by atoms with Gasteiger partial charge in [-0.3, -0.25) is 10.1 Å². The molecule has 4 aliphatic rings. The lowest BCUT2D eigenvalue weighted by Crippen LogP contribution is -2.61. The maximum absolute atomic E-state index is 12.7. The maximum Gasteiger partial charge on any atom is 0.411 e. The van der Waals surface area contributed by atoms with Crippen molar-refractivity contribution in [3.05, 3.63) is 30.3 Å². The normalized spacial score (nSPS) is 43.1. The number of likely N-dealkylation sites (tertiary alicyclic amines) is 1. The topological polar surface area (TPSA) is 58.6 Å². The van der Waals surface area contributed by atoms with Crippen LogP contribution in [0.1, 0.15) is 65.7 Å². The summed E-state index contributed by atoms with van der Waals surface area (Å²) < 4.78 is 6.14. The third kappa shape index (κ3) is 3.26. The summed E-state index contributed by atoms with van der Waals surface area (Å²) in [5, 5.41) is 2.91. The molecule has 2 amide bonds. The first kappa shape index (κ1) is 21.8. The number of hydrogen-bond acceptors (Lipinski definition) is 3. The Balaban J connectivity index is 1.34. The quantitative estimate of drug-likeness (QED) is 0.643. The van der Waals surface area contributed by atoms with Crippen molar-refractivity contribution < 1.29 is 14.3 Å². The highest BCUT2D eigenvalue weighted by atomic mass is 16.6. The van der Waals surface area contributed by atoms with E-state index in [0.717, 1.165) is 31.4 Å². The first-order valence-corrected chi connectivity index (χ1v) is 12.5. The van der Waals surface area contributed by atoms with Gasteiger partial charge in [-0.1, -0.05) is 39.0 Å². The Labute approximate surface area is 192 Å². The Kier molecular flexibility index (Phi) is 5.29. The molecule has 5 rings (SSSR count). The molecular weight excluding hydrogens is 400 g/mol. The van der Waals surface area contributed by atoms with Crippen LogP contribution >= 0.6 is 0 Å². The van der Waals surface area contributed by atoms with Gasteiger partial charge in [0.2, 0.25) is 5.91 Å². The fourth-order valence-electron chi connectivity index (χ4n) is 8.50. The Morgan fingerprint density at radius 1 is 1.06 bits per heavy atom. The lowest BCUT2D eigenvalue weighted by atomic mass is 9.47. The van der Waals surface area contributed by atoms with Crippen molar-refractivity contribution in [1.82, 2.24) is 4.90 Å². The fourth-order valence-corrected chi connectivity index (χ4v) is 8.50. The highest BCUT2D eigenvalue weighted by molar-refractivity contribution is 5.84. The third-order valence-corrected chi connectivity index (χ3v) is 10.0. The number of piperidine rings is 1. The van der Waals surface area contributed by atoms with Gasteiger partial charge in [-0.05, 0) is 79.7 Å². The molecule has 1 aromatic carbocycles. The van der Waals surface area contributed by atoms with Crippen LogP contribution in [0.2, 0.25) is 0 Å². The number of para-hydroxylation sites is 1. The molecule has 0 bridgehead atoms. The number of nitrogens with zero attached hydrogens (tertiary/aromatic N) is 1. The fraction of sp³-hybridized carbons (Fsp3) is 0.704. The Morgan fingerprint density at radius 2 is 1.81 bits per heavy atom. The van der Waals surface area contributed by atoms with Gasteiger partial charge in [0.05, 0.1) is 0 Å². The van der Waals surface area contributed by atoms with Crippen LogP contribution in [0, 0.1) is 34.5 Å². The molecule has 32 heavy (non-hydrogen) atoms. The van der Waals surface area contributed by atoms with E-state index in [1.165, 1.54) is 12.8 Å². The number of benzene rings is 1. The second kappa shape index (κ2) is 7.78. The minimum absolute atomic E-state index is 0.0359. The molecule has 4 fully saturated rings. The Hall–Kier alpha value is -2.04. The van der Waals surface area contributed by atoms with E-state index in [2.05, 4.69) is 31.0 Å². The van der Waals surface area contributed by atoms with E-state index in [1.54, 1.807) is 0 Å². The number of fused-ring (bicyclic) bond motifs is 5. The molecule has 0 spiro atoms. The van der Waals surface area contributed by atoms with Crippen molar-refractivity contribution >= 4 is 17.7 Å². The van der Waals surface area contributed by atoms with Crippen molar-refractivity contribution in [3.63, 3.8) is 0 Å². The van der Waals surface area contributed by atoms with Crippen LogP contribution in [0.5, 0.6) is 0 Å². The van der Waals surface area contributed by atoms with E-state index >= 15 is 0 Å². The van der Waals surface area contributed by atoms with Crippen LogP contribution in [0.15, 0.2) is 30.3 Å². The van der Waals surface area contributed by atoms with Gasteiger partial charge >= 0.3 is 6.09 Å². The van der Waals surface area contributed by atoms with E-state index in [9.17, 15) is 9.59 Å². The summed E-state index contributed by atoms with van der Waals surface area (Å²) in [5.74, 6) is 2.61. The van der Waals surface area contributed by atoms with Gasteiger partial charge in [0, 0.05) is 30.6 Å². The molecule has 1 aliphatic heterocycles. The van der Waals surface area contributed by atoms with E-state index in [4.69, 9.17) is 4.74 Å². The van der Waals surface area contributed by atoms with Gasteiger partial charge in [-0.15, -0.1) is 0 Å². The summed E-state index contributed by atoms with van der Waals surface area (Å²) >= 11 is 0. The lowest BCUT2D eigenvalue weighted by Gasteiger charge is -2.61. The zero-order valence-corrected chi connectivity index (χ0v) is 20.0. The molecule has 1 saturated heterocycles. The molecule has 5 nitrogen and oxygen atoms in total. The number of anilines is 1. The smallest absolute Gasteiger partial charge is 0.411 e. The highest BCUT2D eigenvalue weighted by Crippen LogP contribution is 2.66. The van der Waals surface area contributed by atoms with E-state index in [1.807, 2.05) is 37.4 Å². The van der Waals surface area contributed by atoms with Crippen LogP contribution in [0.3, 0.4) is 0 Å². The molecule has 174 valence electrons. The number of hydrogen-bond donors (Lipinski definition) is 1. The van der Waals surface area contributed by atoms with Gasteiger partial charge in [-0.25, -0.2) is 4.79 Å². The molecule has 0 aromatic heterocycles. The standard InChI is InChI=1S/C27H38N2O3/c1-17-16-21-19-10-11-22-26(2,15-13-23(30)29(22)4)20(19)12-14-27(21,3)24(17)32-25(31)28-18-8-6-5-7-9-18/h5-9,17,19-22,24H,10-16H2,1-4H3,(H,28,31)/t17-,19?,20?,21?,22?,24?,26?,27?/m0/s1. The summed E-state index contributed by atoms with van der Waals surface area (Å²) in [4.78, 5) is 27.2. The third-order valence-electron chi connectivity index (χ3n) is 10.0. The van der Waals surface area contributed by atoms with Crippen LogP contribution in [0.4, 0.5) is 10.5 Å². The summed E-state index contributed by atoms with van der Waals surface area (Å²) in [7, 11) is 2.02. The summed E-state index contributed by atoms with van der Waals surface area (Å²) in [5.41, 5.74) is 1.03. The summed E-state index contributed by atoms with van der Waals surface area (Å²) in [6.45, 7) is 7.10. The first-order valence-electron chi connectivity index (χ1n) is 12.5. The summed E-state index contributed by atoms with van der Waals surface area (Å²) in [6.07, 6.45) is 7.07. The van der Waals surface area contributed by atoms with Gasteiger partial charge in [-0.2, -0.15) is 0 Å². The average molecular weight is 439 g/mol. The molecular formula is C27H38N2O3. The van der Waals surface area contributed by atoms with Crippen LogP contribution < -0.4 is 5.32 Å². The minimum atomic E-state index is -0.333. The van der Waals surface area contributed by atoms with Crippen LogP contribution in [-0.2, 0) is 9.53 Å². The number of ether oxygens (including phenoxy) is 1. The molecule has 1 N–H and O–H groups in total. The van der Waals surface area contributed by atoms with Gasteiger partial charge < -0.3 is 9.64 Å². The van der Waals surface area contributed by atoms with E-state index in [-0.39, 0.29) is 23.0 Å². The molecule has 8 atom stereocenters. The summed E-state index contributed by atoms with van der Waals surface area (Å²) in [6, 6.07) is 9.94. The monoisotopic (exact) mass is 438 g/mol. The molecule has 7 unspecified atom stereocenters. The Bertz CT molecular complexity index is 888. The van der Waals surface area contributed by atoms with Gasteiger partial charge in [0.1, 0.15) is 6.10 Å². The highest BCUT2D eigenvalue weighted by Gasteiger charge is 2.63. The van der Waals surface area contributed by atoms with Crippen molar-refractivity contribution in [2.24, 2.45) is 34.5 Å². The van der Waals surface area contributed by atoms with Crippen molar-refractivity contribution in [2.45, 2.75) is 77.9 Å². The number of amides is 2. The van der Waals surface area contributed by atoms with E-state index < -0.39 is 0 Å². The number of rotatable bonds is 2. The van der Waals surface area contributed by atoms with Crippen LogP contribution in [-0.4, -0.2) is 36.1 Å². The number of carbonyl (C=O) groups excluding carboxylic acids is 2.